The topological polar surface area (TPSA) is 91.3 Å². The fraction of sp³-hybridized carbons (Fsp3) is 0.435. The van der Waals surface area contributed by atoms with Gasteiger partial charge in [-0.1, -0.05) is 29.8 Å². The van der Waals surface area contributed by atoms with Gasteiger partial charge in [0.15, 0.2) is 11.5 Å². The molecule has 1 fully saturated rings. The quantitative estimate of drug-likeness (QED) is 0.505. The van der Waals surface area contributed by atoms with Gasteiger partial charge in [-0.05, 0) is 48.4 Å². The first-order chi connectivity index (χ1) is 14.8. The summed E-state index contributed by atoms with van der Waals surface area (Å²) in [7, 11) is 3.19. The molecule has 2 aromatic rings. The third-order valence-corrected chi connectivity index (χ3v) is 5.82. The molecule has 0 aromatic heterocycles. The Balaban J connectivity index is 1.49. The van der Waals surface area contributed by atoms with Crippen LogP contribution in [-0.2, 0) is 17.6 Å². The number of nitrogens with zero attached hydrogens (tertiary/aromatic N) is 1. The summed E-state index contributed by atoms with van der Waals surface area (Å²) in [5.74, 6) is 1.20. The number of rotatable bonds is 9. The molecule has 0 unspecified atom stereocenters. The number of carbonyl (C=O) groups is 1. The van der Waals surface area contributed by atoms with E-state index >= 15 is 0 Å². The molecule has 2 atom stereocenters. The highest BCUT2D eigenvalue weighted by Crippen LogP contribution is 2.27. The average molecular weight is 449 g/mol. The van der Waals surface area contributed by atoms with E-state index < -0.39 is 11.7 Å². The number of aliphatic hydroxyl groups excluding tert-OH is 1. The van der Waals surface area contributed by atoms with Crippen LogP contribution in [0.15, 0.2) is 42.5 Å². The lowest BCUT2D eigenvalue weighted by Gasteiger charge is -2.26. The summed E-state index contributed by atoms with van der Waals surface area (Å²) in [4.78, 5) is 14.1. The Kier molecular flexibility index (Phi) is 7.78. The fourth-order valence-corrected chi connectivity index (χ4v) is 3.83. The number of hydrogen-bond acceptors (Lipinski definition) is 6. The van der Waals surface area contributed by atoms with Crippen molar-refractivity contribution in [3.05, 3.63) is 58.6 Å². The smallest absolute Gasteiger partial charge is 0.227 e. The van der Waals surface area contributed by atoms with Gasteiger partial charge in [-0.15, -0.1) is 0 Å². The van der Waals surface area contributed by atoms with Gasteiger partial charge in [-0.25, -0.2) is 0 Å². The number of aliphatic hydroxyl groups is 2. The maximum atomic E-state index is 12.6. The molecule has 2 aromatic carbocycles. The SMILES string of the molecule is COc1ccc(CCNC[C@]2(O)CN(C(=O)Cc3ccc(Cl)cc3)C[C@H]2O)cc1OC. The molecule has 0 spiro atoms. The standard InChI is InChI=1S/C23H29ClN2O5/c1-30-19-8-5-17(11-20(19)31-2)9-10-25-14-23(29)15-26(13-21(23)27)22(28)12-16-3-6-18(24)7-4-16/h3-8,11,21,25,27,29H,9-10,12-15H2,1-2H3/t21-,23+/m1/s1. The third-order valence-electron chi connectivity index (χ3n) is 5.57. The number of likely N-dealkylation sites (tertiary alicyclic amines) is 1. The van der Waals surface area contributed by atoms with E-state index in [0.29, 0.717) is 29.5 Å². The van der Waals surface area contributed by atoms with Crippen LogP contribution in [0.4, 0.5) is 0 Å². The molecule has 3 N–H and O–H groups in total. The Bertz CT molecular complexity index is 892. The molecule has 31 heavy (non-hydrogen) atoms. The summed E-state index contributed by atoms with van der Waals surface area (Å²) in [6, 6.07) is 12.8. The van der Waals surface area contributed by atoms with Gasteiger partial charge in [0.1, 0.15) is 11.7 Å². The highest BCUT2D eigenvalue weighted by Gasteiger charge is 2.45. The second-order valence-electron chi connectivity index (χ2n) is 7.81. The molecule has 3 rings (SSSR count). The third kappa shape index (κ3) is 5.89. The molecular weight excluding hydrogens is 420 g/mol. The van der Waals surface area contributed by atoms with Crippen molar-refractivity contribution >= 4 is 17.5 Å². The summed E-state index contributed by atoms with van der Waals surface area (Å²) < 4.78 is 10.6. The van der Waals surface area contributed by atoms with Crippen molar-refractivity contribution in [1.29, 1.82) is 0 Å². The molecule has 168 valence electrons. The lowest BCUT2D eigenvalue weighted by Crippen LogP contribution is -2.50. The molecule has 1 aliphatic heterocycles. The molecule has 7 nitrogen and oxygen atoms in total. The Morgan fingerprint density at radius 1 is 1.16 bits per heavy atom. The Hall–Kier alpha value is -2.32. The van der Waals surface area contributed by atoms with Gasteiger partial charge in [0.25, 0.3) is 0 Å². The predicted octanol–water partition coefficient (Wildman–Crippen LogP) is 1.67. The first-order valence-electron chi connectivity index (χ1n) is 10.2. The number of methoxy groups -OCH3 is 2. The largest absolute Gasteiger partial charge is 0.493 e. The van der Waals surface area contributed by atoms with Crippen molar-refractivity contribution < 1.29 is 24.5 Å². The van der Waals surface area contributed by atoms with Crippen LogP contribution >= 0.6 is 11.6 Å². The van der Waals surface area contributed by atoms with Crippen molar-refractivity contribution in [2.75, 3.05) is 40.4 Å². The predicted molar refractivity (Wildman–Crippen MR) is 119 cm³/mol. The first-order valence-corrected chi connectivity index (χ1v) is 10.6. The van der Waals surface area contributed by atoms with Crippen LogP contribution in [0.25, 0.3) is 0 Å². The molecular formula is C23H29ClN2O5. The van der Waals surface area contributed by atoms with Crippen LogP contribution in [0.5, 0.6) is 11.5 Å². The molecule has 0 aliphatic carbocycles. The van der Waals surface area contributed by atoms with Crippen molar-refractivity contribution in [2.45, 2.75) is 24.5 Å². The number of β-amino-alcohol motifs (C(OH)–C–C–N with tert-alkyl or cyclic N) is 2. The number of halogens is 1. The summed E-state index contributed by atoms with van der Waals surface area (Å²) in [5.41, 5.74) is 0.518. The summed E-state index contributed by atoms with van der Waals surface area (Å²) in [5, 5.41) is 25.1. The minimum atomic E-state index is -1.38. The van der Waals surface area contributed by atoms with Crippen LogP contribution in [0.3, 0.4) is 0 Å². The van der Waals surface area contributed by atoms with Crippen molar-refractivity contribution in [3.8, 4) is 11.5 Å². The molecule has 8 heteroatoms. The Morgan fingerprint density at radius 2 is 1.84 bits per heavy atom. The van der Waals surface area contributed by atoms with Crippen LogP contribution in [0, 0.1) is 0 Å². The minimum Gasteiger partial charge on any atom is -0.493 e. The summed E-state index contributed by atoms with van der Waals surface area (Å²) in [6.07, 6.45) is -0.0893. The van der Waals surface area contributed by atoms with E-state index in [1.807, 2.05) is 18.2 Å². The lowest BCUT2D eigenvalue weighted by molar-refractivity contribution is -0.130. The molecule has 0 bridgehead atoms. The van der Waals surface area contributed by atoms with Gasteiger partial charge in [0.2, 0.25) is 5.91 Å². The van der Waals surface area contributed by atoms with Crippen LogP contribution < -0.4 is 14.8 Å². The first kappa shape index (κ1) is 23.3. The highest BCUT2D eigenvalue weighted by atomic mass is 35.5. The zero-order valence-corrected chi connectivity index (χ0v) is 18.6. The molecule has 1 heterocycles. The zero-order chi connectivity index (χ0) is 22.4. The van der Waals surface area contributed by atoms with Crippen molar-refractivity contribution in [1.82, 2.24) is 10.2 Å². The average Bonchev–Trinajstić information content (AvgIpc) is 3.07. The summed E-state index contributed by atoms with van der Waals surface area (Å²) in [6.45, 7) is 0.986. The highest BCUT2D eigenvalue weighted by molar-refractivity contribution is 6.30. The van der Waals surface area contributed by atoms with E-state index in [9.17, 15) is 15.0 Å². The normalized spacial score (nSPS) is 20.7. The molecule has 0 radical (unpaired) electrons. The van der Waals surface area contributed by atoms with Gasteiger partial charge in [0.05, 0.1) is 27.2 Å². The number of benzene rings is 2. The zero-order valence-electron chi connectivity index (χ0n) is 17.8. The van der Waals surface area contributed by atoms with Gasteiger partial charge in [-0.2, -0.15) is 0 Å². The van der Waals surface area contributed by atoms with Crippen LogP contribution in [-0.4, -0.2) is 73.1 Å². The number of nitrogens with one attached hydrogen (secondary N) is 1. The molecule has 1 aliphatic rings. The Morgan fingerprint density at radius 3 is 2.52 bits per heavy atom. The van der Waals surface area contributed by atoms with Gasteiger partial charge in [-0.3, -0.25) is 4.79 Å². The second kappa shape index (κ2) is 10.3. The van der Waals surface area contributed by atoms with E-state index in [-0.39, 0.29) is 32.0 Å². The molecule has 1 saturated heterocycles. The van der Waals surface area contributed by atoms with Crippen LogP contribution in [0.1, 0.15) is 11.1 Å². The number of ether oxygens (including phenoxy) is 2. The lowest BCUT2D eigenvalue weighted by atomic mass is 10.0. The number of amides is 1. The molecule has 1 amide bonds. The molecule has 0 saturated carbocycles. The van der Waals surface area contributed by atoms with Gasteiger partial charge >= 0.3 is 0 Å². The van der Waals surface area contributed by atoms with Gasteiger partial charge in [0, 0.05) is 18.1 Å². The monoisotopic (exact) mass is 448 g/mol. The van der Waals surface area contributed by atoms with Gasteiger partial charge < -0.3 is 29.9 Å². The number of hydrogen-bond donors (Lipinski definition) is 3. The fourth-order valence-electron chi connectivity index (χ4n) is 3.71. The van der Waals surface area contributed by atoms with E-state index in [2.05, 4.69) is 5.32 Å². The maximum Gasteiger partial charge on any atom is 0.227 e. The van der Waals surface area contributed by atoms with Crippen molar-refractivity contribution in [3.63, 3.8) is 0 Å². The van der Waals surface area contributed by atoms with E-state index in [4.69, 9.17) is 21.1 Å². The number of carbonyl (C=O) groups excluding carboxylic acids is 1. The second-order valence-corrected chi connectivity index (χ2v) is 8.25. The van der Waals surface area contributed by atoms with E-state index in [0.717, 1.165) is 11.1 Å². The van der Waals surface area contributed by atoms with Crippen LogP contribution in [0.2, 0.25) is 5.02 Å². The van der Waals surface area contributed by atoms with E-state index in [1.165, 1.54) is 4.90 Å². The summed E-state index contributed by atoms with van der Waals surface area (Å²) >= 11 is 5.88. The van der Waals surface area contributed by atoms with Crippen molar-refractivity contribution in [2.24, 2.45) is 0 Å². The van der Waals surface area contributed by atoms with E-state index in [1.54, 1.807) is 38.5 Å². The minimum absolute atomic E-state index is 0.0873. The maximum absolute atomic E-state index is 12.6. The Labute approximate surface area is 187 Å².